The highest BCUT2D eigenvalue weighted by molar-refractivity contribution is 5.14. The zero-order chi connectivity index (χ0) is 11.7. The molecule has 0 aromatic carbocycles. The summed E-state index contributed by atoms with van der Waals surface area (Å²) in [5.41, 5.74) is -1.62. The fourth-order valence-corrected chi connectivity index (χ4v) is 0.853. The first-order valence-electron chi connectivity index (χ1n) is 4.92. The molecule has 0 saturated carbocycles. The fraction of sp³-hybridized carbons (Fsp3) is 0.636. The summed E-state index contributed by atoms with van der Waals surface area (Å²) in [6.45, 7) is 8.88. The second-order valence-electron chi connectivity index (χ2n) is 4.64. The van der Waals surface area contributed by atoms with Crippen LogP contribution in [0.25, 0.3) is 0 Å². The molecule has 84 valence electrons. The van der Waals surface area contributed by atoms with E-state index in [1.54, 1.807) is 26.2 Å². The van der Waals surface area contributed by atoms with E-state index >= 15 is 0 Å². The molecule has 0 aliphatic heterocycles. The molecule has 0 amide bonds. The third kappa shape index (κ3) is 2.89. The number of aryl methyl sites for hydroxylation is 1. The standard InChI is InChI=1S/C11H18N2O2/c1-8-12-6-9(7-13-8)15-11(4,5)10(2,3)14/h6-7,14H,1-5H3. The Hall–Kier alpha value is -1.16. The third-order valence-corrected chi connectivity index (χ3v) is 2.60. The molecule has 0 aliphatic rings. The smallest absolute Gasteiger partial charge is 0.156 e. The average molecular weight is 210 g/mol. The van der Waals surface area contributed by atoms with E-state index in [4.69, 9.17) is 4.74 Å². The summed E-state index contributed by atoms with van der Waals surface area (Å²) >= 11 is 0. The minimum absolute atomic E-state index is 0.563. The number of rotatable bonds is 3. The van der Waals surface area contributed by atoms with Crippen LogP contribution >= 0.6 is 0 Å². The lowest BCUT2D eigenvalue weighted by Crippen LogP contribution is -2.49. The van der Waals surface area contributed by atoms with Gasteiger partial charge in [0.1, 0.15) is 11.4 Å². The van der Waals surface area contributed by atoms with Crippen LogP contribution in [0.5, 0.6) is 5.75 Å². The van der Waals surface area contributed by atoms with E-state index in [2.05, 4.69) is 9.97 Å². The quantitative estimate of drug-likeness (QED) is 0.825. The van der Waals surface area contributed by atoms with E-state index in [-0.39, 0.29) is 0 Å². The number of ether oxygens (including phenoxy) is 1. The van der Waals surface area contributed by atoms with E-state index in [0.717, 1.165) is 0 Å². The molecule has 0 unspecified atom stereocenters. The third-order valence-electron chi connectivity index (χ3n) is 2.60. The predicted octanol–water partition coefficient (Wildman–Crippen LogP) is 1.71. The summed E-state index contributed by atoms with van der Waals surface area (Å²) < 4.78 is 5.65. The number of aromatic nitrogens is 2. The highest BCUT2D eigenvalue weighted by Gasteiger charge is 2.37. The van der Waals surface area contributed by atoms with Crippen molar-refractivity contribution in [2.45, 2.75) is 45.8 Å². The first-order chi connectivity index (χ1) is 6.72. The van der Waals surface area contributed by atoms with Crippen LogP contribution in [-0.4, -0.2) is 26.3 Å². The van der Waals surface area contributed by atoms with Crippen LogP contribution in [-0.2, 0) is 0 Å². The Bertz CT molecular complexity index is 325. The van der Waals surface area contributed by atoms with Crippen LogP contribution in [0.4, 0.5) is 0 Å². The number of aliphatic hydroxyl groups is 1. The van der Waals surface area contributed by atoms with Gasteiger partial charge in [0.05, 0.1) is 18.0 Å². The Labute approximate surface area is 90.3 Å². The molecule has 4 heteroatoms. The highest BCUT2D eigenvalue weighted by atomic mass is 16.5. The largest absolute Gasteiger partial charge is 0.482 e. The van der Waals surface area contributed by atoms with Gasteiger partial charge in [-0.05, 0) is 34.6 Å². The van der Waals surface area contributed by atoms with E-state index in [1.165, 1.54) is 0 Å². The minimum Gasteiger partial charge on any atom is -0.482 e. The van der Waals surface area contributed by atoms with E-state index in [1.807, 2.05) is 20.8 Å². The maximum atomic E-state index is 9.90. The van der Waals surface area contributed by atoms with Crippen LogP contribution < -0.4 is 4.74 Å². The molecule has 1 N–H and O–H groups in total. The zero-order valence-electron chi connectivity index (χ0n) is 9.90. The van der Waals surface area contributed by atoms with Gasteiger partial charge in [-0.1, -0.05) is 0 Å². The van der Waals surface area contributed by atoms with Gasteiger partial charge in [0.25, 0.3) is 0 Å². The first kappa shape index (κ1) is 11.9. The normalized spacial score (nSPS) is 12.7. The molecule has 0 aliphatic carbocycles. The Balaban J connectivity index is 2.82. The second kappa shape index (κ2) is 3.77. The summed E-state index contributed by atoms with van der Waals surface area (Å²) in [6, 6.07) is 0. The lowest BCUT2D eigenvalue weighted by Gasteiger charge is -2.37. The van der Waals surface area contributed by atoms with Gasteiger partial charge in [0.15, 0.2) is 5.75 Å². The molecule has 1 aromatic rings. The highest BCUT2D eigenvalue weighted by Crippen LogP contribution is 2.26. The van der Waals surface area contributed by atoms with Gasteiger partial charge < -0.3 is 9.84 Å². The zero-order valence-corrected chi connectivity index (χ0v) is 9.90. The molecule has 4 nitrogen and oxygen atoms in total. The summed E-state index contributed by atoms with van der Waals surface area (Å²) in [5.74, 6) is 1.26. The molecular formula is C11H18N2O2. The molecule has 1 heterocycles. The van der Waals surface area contributed by atoms with Crippen molar-refractivity contribution in [2.75, 3.05) is 0 Å². The molecule has 0 atom stereocenters. The van der Waals surface area contributed by atoms with Gasteiger partial charge in [-0.2, -0.15) is 0 Å². The molecule has 0 saturated heterocycles. The van der Waals surface area contributed by atoms with Gasteiger partial charge in [0.2, 0.25) is 0 Å². The average Bonchev–Trinajstić information content (AvgIpc) is 2.06. The first-order valence-corrected chi connectivity index (χ1v) is 4.92. The van der Waals surface area contributed by atoms with Crippen molar-refractivity contribution in [2.24, 2.45) is 0 Å². The second-order valence-corrected chi connectivity index (χ2v) is 4.64. The van der Waals surface area contributed by atoms with Crippen LogP contribution in [0, 0.1) is 6.92 Å². The molecule has 15 heavy (non-hydrogen) atoms. The molecule has 1 aromatic heterocycles. The Morgan fingerprint density at radius 3 is 2.00 bits per heavy atom. The molecule has 0 radical (unpaired) electrons. The van der Waals surface area contributed by atoms with E-state index in [0.29, 0.717) is 11.6 Å². The van der Waals surface area contributed by atoms with Crippen molar-refractivity contribution in [3.8, 4) is 5.75 Å². The van der Waals surface area contributed by atoms with Crippen molar-refractivity contribution in [1.82, 2.24) is 9.97 Å². The number of hydrogen-bond donors (Lipinski definition) is 1. The van der Waals surface area contributed by atoms with Crippen molar-refractivity contribution in [3.05, 3.63) is 18.2 Å². The van der Waals surface area contributed by atoms with Crippen molar-refractivity contribution in [1.29, 1.82) is 0 Å². The molecule has 0 fully saturated rings. The van der Waals surface area contributed by atoms with Crippen LogP contribution in [0.3, 0.4) is 0 Å². The summed E-state index contributed by atoms with van der Waals surface area (Å²) in [7, 11) is 0. The van der Waals surface area contributed by atoms with Crippen molar-refractivity contribution < 1.29 is 9.84 Å². The van der Waals surface area contributed by atoms with Gasteiger partial charge >= 0.3 is 0 Å². The molecular weight excluding hydrogens is 192 g/mol. The van der Waals surface area contributed by atoms with Crippen molar-refractivity contribution in [3.63, 3.8) is 0 Å². The predicted molar refractivity (Wildman–Crippen MR) is 57.8 cm³/mol. The van der Waals surface area contributed by atoms with Gasteiger partial charge in [0, 0.05) is 0 Å². The number of nitrogens with zero attached hydrogens (tertiary/aromatic N) is 2. The Morgan fingerprint density at radius 2 is 1.60 bits per heavy atom. The lowest BCUT2D eigenvalue weighted by atomic mass is 9.89. The Morgan fingerprint density at radius 1 is 1.13 bits per heavy atom. The topological polar surface area (TPSA) is 55.2 Å². The molecule has 0 spiro atoms. The number of hydrogen-bond acceptors (Lipinski definition) is 4. The maximum Gasteiger partial charge on any atom is 0.156 e. The van der Waals surface area contributed by atoms with Crippen molar-refractivity contribution >= 4 is 0 Å². The van der Waals surface area contributed by atoms with Gasteiger partial charge in [-0.3, -0.25) is 0 Å². The minimum atomic E-state index is -0.933. The van der Waals surface area contributed by atoms with Crippen LogP contribution in [0.2, 0.25) is 0 Å². The van der Waals surface area contributed by atoms with Crippen LogP contribution in [0.15, 0.2) is 12.4 Å². The molecule has 1 rings (SSSR count). The molecule has 0 bridgehead atoms. The summed E-state index contributed by atoms with van der Waals surface area (Å²) in [6.07, 6.45) is 3.21. The van der Waals surface area contributed by atoms with E-state index in [9.17, 15) is 5.11 Å². The summed E-state index contributed by atoms with van der Waals surface area (Å²) in [5, 5.41) is 9.90. The lowest BCUT2D eigenvalue weighted by molar-refractivity contribution is -0.0909. The van der Waals surface area contributed by atoms with E-state index < -0.39 is 11.2 Å². The van der Waals surface area contributed by atoms with Gasteiger partial charge in [-0.15, -0.1) is 0 Å². The maximum absolute atomic E-state index is 9.90. The van der Waals surface area contributed by atoms with Crippen LogP contribution in [0.1, 0.15) is 33.5 Å². The van der Waals surface area contributed by atoms with Gasteiger partial charge in [-0.25, -0.2) is 9.97 Å². The summed E-state index contributed by atoms with van der Waals surface area (Å²) in [4.78, 5) is 8.06. The monoisotopic (exact) mass is 210 g/mol. The Kier molecular flexibility index (Phi) is 3.00. The fourth-order valence-electron chi connectivity index (χ4n) is 0.853. The SMILES string of the molecule is Cc1ncc(OC(C)(C)C(C)(C)O)cn1.